The number of rotatable bonds is 3. The van der Waals surface area contributed by atoms with Crippen molar-refractivity contribution < 1.29 is 24.5 Å². The van der Waals surface area contributed by atoms with Crippen molar-refractivity contribution in [2.75, 3.05) is 6.61 Å². The lowest BCUT2D eigenvalue weighted by Crippen LogP contribution is -2.31. The van der Waals surface area contributed by atoms with Gasteiger partial charge in [0.05, 0.1) is 11.5 Å². The second-order valence-corrected chi connectivity index (χ2v) is 8.62. The molecule has 0 aliphatic carbocycles. The fourth-order valence-corrected chi connectivity index (χ4v) is 3.86. The van der Waals surface area contributed by atoms with Gasteiger partial charge in [-0.15, -0.1) is 0 Å². The number of Topliss-reactive ketones (excluding diaryl/α,β-unsaturated/α-hetero) is 1. The molecule has 0 aromatic heterocycles. The summed E-state index contributed by atoms with van der Waals surface area (Å²) in [5.41, 5.74) is 2.79. The molecule has 0 spiro atoms. The predicted molar refractivity (Wildman–Crippen MR) is 116 cm³/mol. The Morgan fingerprint density at radius 2 is 1.87 bits per heavy atom. The minimum Gasteiger partial charge on any atom is -0.508 e. The van der Waals surface area contributed by atoms with Gasteiger partial charge in [0.2, 0.25) is 0 Å². The highest BCUT2D eigenvalue weighted by atomic mass is 16.5. The van der Waals surface area contributed by atoms with Crippen LogP contribution >= 0.6 is 0 Å². The fraction of sp³-hybridized carbons (Fsp3) is 0.320. The minimum atomic E-state index is -0.553. The van der Waals surface area contributed by atoms with E-state index in [0.29, 0.717) is 29.0 Å². The summed E-state index contributed by atoms with van der Waals surface area (Å²) in [4.78, 5) is 13.4. The van der Waals surface area contributed by atoms with E-state index in [2.05, 4.69) is 0 Å². The van der Waals surface area contributed by atoms with Gasteiger partial charge in [-0.2, -0.15) is 0 Å². The zero-order valence-corrected chi connectivity index (χ0v) is 17.7. The summed E-state index contributed by atoms with van der Waals surface area (Å²) < 4.78 is 12.2. The van der Waals surface area contributed by atoms with Crippen LogP contribution in [0.3, 0.4) is 0 Å². The smallest absolute Gasteiger partial charge is 0.181 e. The van der Waals surface area contributed by atoms with Crippen LogP contribution < -0.4 is 9.47 Å². The van der Waals surface area contributed by atoms with E-state index >= 15 is 0 Å². The third-order valence-electron chi connectivity index (χ3n) is 5.50. The molecule has 4 rings (SSSR count). The van der Waals surface area contributed by atoms with Gasteiger partial charge in [-0.1, -0.05) is 23.8 Å². The van der Waals surface area contributed by atoms with Gasteiger partial charge in [0, 0.05) is 5.56 Å². The van der Waals surface area contributed by atoms with Crippen LogP contribution in [0, 0.1) is 0 Å². The average Bonchev–Trinajstić information content (AvgIpc) is 2.67. The van der Waals surface area contributed by atoms with Crippen LogP contribution in [0.15, 0.2) is 42.0 Å². The standard InChI is InChI=1S/C25H26O5/c1-14(2)5-10-17-21(27)20-22(28)19(15-6-8-16(26)9-7-15)13-29-24(20)18-11-12-25(3,4)30-23(17)18/h5-9,11-12,19,26-27H,10,13H2,1-4H3/t19-/m0/s1. The van der Waals surface area contributed by atoms with Crippen molar-refractivity contribution in [2.24, 2.45) is 0 Å². The Kier molecular flexibility index (Phi) is 4.85. The van der Waals surface area contributed by atoms with Gasteiger partial charge < -0.3 is 19.7 Å². The molecular formula is C25H26O5. The summed E-state index contributed by atoms with van der Waals surface area (Å²) in [5.74, 6) is 0.236. The number of hydrogen-bond donors (Lipinski definition) is 2. The third kappa shape index (κ3) is 3.45. The largest absolute Gasteiger partial charge is 0.508 e. The molecule has 0 bridgehead atoms. The molecule has 30 heavy (non-hydrogen) atoms. The molecule has 0 radical (unpaired) electrons. The molecule has 0 amide bonds. The molecule has 2 N–H and O–H groups in total. The molecule has 2 aliphatic heterocycles. The van der Waals surface area contributed by atoms with E-state index in [-0.39, 0.29) is 29.5 Å². The van der Waals surface area contributed by atoms with E-state index in [1.165, 1.54) is 0 Å². The lowest BCUT2D eigenvalue weighted by Gasteiger charge is -2.34. The van der Waals surface area contributed by atoms with Crippen LogP contribution in [0.2, 0.25) is 0 Å². The first-order valence-corrected chi connectivity index (χ1v) is 10.1. The SMILES string of the molecule is CC(C)=CCc1c(O)c2c(c3c1OC(C)(C)C=C3)OC[C@@H](c1ccc(O)cc1)C2=O. The van der Waals surface area contributed by atoms with Gasteiger partial charge in [0.15, 0.2) is 5.78 Å². The predicted octanol–water partition coefficient (Wildman–Crippen LogP) is 5.15. The Morgan fingerprint density at radius 1 is 1.17 bits per heavy atom. The molecule has 2 aromatic rings. The van der Waals surface area contributed by atoms with E-state index in [4.69, 9.17) is 9.47 Å². The highest BCUT2D eigenvalue weighted by molar-refractivity contribution is 6.08. The van der Waals surface area contributed by atoms with E-state index in [0.717, 1.165) is 11.1 Å². The van der Waals surface area contributed by atoms with Gasteiger partial charge >= 0.3 is 0 Å². The van der Waals surface area contributed by atoms with Gasteiger partial charge in [0.1, 0.15) is 40.8 Å². The maximum Gasteiger partial charge on any atom is 0.181 e. The molecular weight excluding hydrogens is 380 g/mol. The van der Waals surface area contributed by atoms with Crippen LogP contribution in [0.4, 0.5) is 0 Å². The van der Waals surface area contributed by atoms with Crippen molar-refractivity contribution in [2.45, 2.75) is 45.6 Å². The molecule has 2 heterocycles. The number of phenolic OH excluding ortho intramolecular Hbond substituents is 2. The Balaban J connectivity index is 1.88. The molecule has 0 saturated carbocycles. The maximum absolute atomic E-state index is 13.4. The van der Waals surface area contributed by atoms with E-state index < -0.39 is 11.5 Å². The molecule has 2 aliphatic rings. The van der Waals surface area contributed by atoms with Gasteiger partial charge in [-0.3, -0.25) is 4.79 Å². The Hall–Kier alpha value is -3.21. The van der Waals surface area contributed by atoms with Crippen molar-refractivity contribution in [1.29, 1.82) is 0 Å². The summed E-state index contributed by atoms with van der Waals surface area (Å²) in [7, 11) is 0. The molecule has 0 unspecified atom stereocenters. The molecule has 2 aromatic carbocycles. The maximum atomic E-state index is 13.4. The van der Waals surface area contributed by atoms with Crippen LogP contribution in [0.25, 0.3) is 6.08 Å². The van der Waals surface area contributed by atoms with Crippen LogP contribution in [0.1, 0.15) is 60.7 Å². The number of aromatic hydroxyl groups is 2. The van der Waals surface area contributed by atoms with E-state index in [1.807, 2.05) is 45.9 Å². The molecule has 0 fully saturated rings. The molecule has 5 heteroatoms. The summed E-state index contributed by atoms with van der Waals surface area (Å²) >= 11 is 0. The minimum absolute atomic E-state index is 0.0826. The van der Waals surface area contributed by atoms with E-state index in [9.17, 15) is 15.0 Å². The van der Waals surface area contributed by atoms with Crippen LogP contribution in [-0.4, -0.2) is 28.2 Å². The molecule has 1 atom stereocenters. The molecule has 0 saturated heterocycles. The Labute approximate surface area is 176 Å². The monoisotopic (exact) mass is 406 g/mol. The second-order valence-electron chi connectivity index (χ2n) is 8.62. The van der Waals surface area contributed by atoms with Gasteiger partial charge in [-0.05, 0) is 64.0 Å². The number of hydrogen-bond acceptors (Lipinski definition) is 5. The normalized spacial score (nSPS) is 18.7. The number of ether oxygens (including phenoxy) is 2. The quantitative estimate of drug-likeness (QED) is 0.690. The summed E-state index contributed by atoms with van der Waals surface area (Å²) in [6.45, 7) is 8.03. The topological polar surface area (TPSA) is 76.0 Å². The number of fused-ring (bicyclic) bond motifs is 3. The molecule has 156 valence electrons. The highest BCUT2D eigenvalue weighted by Crippen LogP contribution is 2.50. The lowest BCUT2D eigenvalue weighted by molar-refractivity contribution is 0.0889. The van der Waals surface area contributed by atoms with Crippen LogP contribution in [-0.2, 0) is 6.42 Å². The van der Waals surface area contributed by atoms with Crippen molar-refractivity contribution in [3.8, 4) is 23.0 Å². The lowest BCUT2D eigenvalue weighted by atomic mass is 9.84. The fourth-order valence-electron chi connectivity index (χ4n) is 3.86. The zero-order valence-electron chi connectivity index (χ0n) is 17.7. The van der Waals surface area contributed by atoms with E-state index in [1.54, 1.807) is 24.3 Å². The molecule has 5 nitrogen and oxygen atoms in total. The second kappa shape index (κ2) is 7.24. The van der Waals surface area contributed by atoms with Crippen molar-refractivity contribution in [3.63, 3.8) is 0 Å². The number of benzene rings is 2. The average molecular weight is 406 g/mol. The van der Waals surface area contributed by atoms with Crippen molar-refractivity contribution in [1.82, 2.24) is 0 Å². The number of phenols is 2. The first-order valence-electron chi connectivity index (χ1n) is 10.1. The Bertz CT molecular complexity index is 1070. The highest BCUT2D eigenvalue weighted by Gasteiger charge is 2.39. The first kappa shape index (κ1) is 20.1. The van der Waals surface area contributed by atoms with Crippen molar-refractivity contribution >= 4 is 11.9 Å². The summed E-state index contributed by atoms with van der Waals surface area (Å²) in [5, 5.41) is 20.7. The number of ketones is 1. The van der Waals surface area contributed by atoms with Gasteiger partial charge in [0.25, 0.3) is 0 Å². The van der Waals surface area contributed by atoms with Gasteiger partial charge in [-0.25, -0.2) is 0 Å². The number of carbonyl (C=O) groups excluding carboxylic acids is 1. The third-order valence-corrected chi connectivity index (χ3v) is 5.50. The summed E-state index contributed by atoms with van der Waals surface area (Å²) in [6.07, 6.45) is 6.29. The summed E-state index contributed by atoms with van der Waals surface area (Å²) in [6, 6.07) is 6.50. The zero-order chi connectivity index (χ0) is 21.6. The number of carbonyl (C=O) groups is 1. The van der Waals surface area contributed by atoms with Crippen LogP contribution in [0.5, 0.6) is 23.0 Å². The first-order chi connectivity index (χ1) is 14.2. The number of allylic oxidation sites excluding steroid dienone is 2. The Morgan fingerprint density at radius 3 is 2.53 bits per heavy atom. The van der Waals surface area contributed by atoms with Crippen molar-refractivity contribution in [3.05, 3.63) is 64.2 Å².